The van der Waals surface area contributed by atoms with Crippen molar-refractivity contribution in [3.05, 3.63) is 53.6 Å². The third-order valence-corrected chi connectivity index (χ3v) is 4.76. The Morgan fingerprint density at radius 2 is 2.04 bits per heavy atom. The molecule has 2 aliphatic heterocycles. The Morgan fingerprint density at radius 1 is 1.25 bits per heavy atom. The number of methoxy groups -OCH3 is 1. The van der Waals surface area contributed by atoms with Crippen molar-refractivity contribution in [3.63, 3.8) is 0 Å². The van der Waals surface area contributed by atoms with Crippen molar-refractivity contribution in [1.29, 1.82) is 0 Å². The van der Waals surface area contributed by atoms with Crippen LogP contribution >= 0.6 is 0 Å². The third kappa shape index (κ3) is 3.22. The van der Waals surface area contributed by atoms with Crippen LogP contribution in [0.15, 0.2) is 42.5 Å². The van der Waals surface area contributed by atoms with Crippen LogP contribution in [0.2, 0.25) is 0 Å². The van der Waals surface area contributed by atoms with Crippen LogP contribution in [0, 0.1) is 0 Å². The second kappa shape index (κ2) is 7.40. The second-order valence-corrected chi connectivity index (χ2v) is 6.44. The average molecular weight is 385 g/mol. The van der Waals surface area contributed by atoms with E-state index in [1.807, 2.05) is 30.3 Å². The molecule has 0 radical (unpaired) electrons. The summed E-state index contributed by atoms with van der Waals surface area (Å²) in [6.07, 6.45) is -2.16. The van der Waals surface area contributed by atoms with Crippen molar-refractivity contribution < 1.29 is 33.6 Å². The highest BCUT2D eigenvalue weighted by Crippen LogP contribution is 2.43. The zero-order chi connectivity index (χ0) is 19.7. The number of cyclic esters (lactones) is 1. The van der Waals surface area contributed by atoms with Gasteiger partial charge in [0.25, 0.3) is 0 Å². The number of amides is 2. The van der Waals surface area contributed by atoms with Gasteiger partial charge in [-0.25, -0.2) is 9.69 Å². The number of rotatable bonds is 5. The molecule has 1 saturated heterocycles. The van der Waals surface area contributed by atoms with Gasteiger partial charge in [-0.3, -0.25) is 4.79 Å². The first kappa shape index (κ1) is 18.1. The number of fused-ring (bicyclic) bond motifs is 1. The van der Waals surface area contributed by atoms with Gasteiger partial charge in [-0.1, -0.05) is 30.3 Å². The van der Waals surface area contributed by atoms with E-state index < -0.39 is 24.1 Å². The van der Waals surface area contributed by atoms with Crippen molar-refractivity contribution in [2.75, 3.05) is 20.5 Å². The van der Waals surface area contributed by atoms with Gasteiger partial charge in [0, 0.05) is 0 Å². The van der Waals surface area contributed by atoms with Gasteiger partial charge in [0.05, 0.1) is 19.6 Å². The van der Waals surface area contributed by atoms with E-state index in [0.717, 1.165) is 10.5 Å². The monoisotopic (exact) mass is 385 g/mol. The molecule has 0 unspecified atom stereocenters. The molecule has 146 valence electrons. The zero-order valence-corrected chi connectivity index (χ0v) is 15.2. The van der Waals surface area contributed by atoms with Gasteiger partial charge in [0.2, 0.25) is 18.4 Å². The standard InChI is InChI=1S/C20H19NO7/c1-25-16-7-13(8-17-19(16)28-11-27-17)15(22)9-18(23)21-14(10-26-20(21)24)12-5-3-2-4-6-12/h2-8,14-15,22H,9-11H2,1H3/t14-,15-/m1/s1. The molecule has 8 heteroatoms. The number of hydrogen-bond acceptors (Lipinski definition) is 7. The molecule has 2 heterocycles. The molecule has 2 aliphatic rings. The van der Waals surface area contributed by atoms with Crippen molar-refractivity contribution in [2.45, 2.75) is 18.6 Å². The molecule has 0 spiro atoms. The number of imide groups is 1. The molecule has 1 fully saturated rings. The average Bonchev–Trinajstić information content (AvgIpc) is 3.34. The molecule has 0 saturated carbocycles. The zero-order valence-electron chi connectivity index (χ0n) is 15.2. The largest absolute Gasteiger partial charge is 0.493 e. The summed E-state index contributed by atoms with van der Waals surface area (Å²) in [5.41, 5.74) is 1.22. The van der Waals surface area contributed by atoms with Crippen LogP contribution in [-0.4, -0.2) is 42.5 Å². The summed E-state index contributed by atoms with van der Waals surface area (Å²) < 4.78 is 21.0. The van der Waals surface area contributed by atoms with Crippen LogP contribution in [-0.2, 0) is 9.53 Å². The first-order chi connectivity index (χ1) is 13.6. The van der Waals surface area contributed by atoms with Gasteiger partial charge in [-0.2, -0.15) is 0 Å². The van der Waals surface area contributed by atoms with Gasteiger partial charge in [0.15, 0.2) is 11.5 Å². The minimum absolute atomic E-state index is 0.0581. The Labute approximate surface area is 161 Å². The molecule has 2 aromatic carbocycles. The minimum Gasteiger partial charge on any atom is -0.493 e. The molecule has 8 nitrogen and oxygen atoms in total. The van der Waals surface area contributed by atoms with Crippen LogP contribution in [0.5, 0.6) is 17.2 Å². The maximum Gasteiger partial charge on any atom is 0.417 e. The lowest BCUT2D eigenvalue weighted by atomic mass is 10.0. The van der Waals surface area contributed by atoms with E-state index in [1.165, 1.54) is 7.11 Å². The summed E-state index contributed by atoms with van der Waals surface area (Å²) >= 11 is 0. The molecule has 2 aromatic rings. The lowest BCUT2D eigenvalue weighted by Crippen LogP contribution is -2.35. The van der Waals surface area contributed by atoms with Crippen molar-refractivity contribution in [1.82, 2.24) is 4.90 Å². The maximum atomic E-state index is 12.8. The van der Waals surface area contributed by atoms with Crippen LogP contribution in [0.1, 0.15) is 29.7 Å². The topological polar surface area (TPSA) is 94.5 Å². The Morgan fingerprint density at radius 3 is 2.79 bits per heavy atom. The fourth-order valence-corrected chi connectivity index (χ4v) is 3.34. The second-order valence-electron chi connectivity index (χ2n) is 6.44. The molecular weight excluding hydrogens is 366 g/mol. The van der Waals surface area contributed by atoms with E-state index in [4.69, 9.17) is 18.9 Å². The summed E-state index contributed by atoms with van der Waals surface area (Å²) in [5, 5.41) is 10.6. The SMILES string of the molecule is COc1cc([C@H](O)CC(=O)N2C(=O)OC[C@@H]2c2ccccc2)cc2c1OCO2. The number of ether oxygens (including phenoxy) is 4. The van der Waals surface area contributed by atoms with E-state index in [1.54, 1.807) is 12.1 Å². The summed E-state index contributed by atoms with van der Waals surface area (Å²) in [6, 6.07) is 11.8. The molecule has 2 amide bonds. The highest BCUT2D eigenvalue weighted by molar-refractivity contribution is 5.94. The summed E-state index contributed by atoms with van der Waals surface area (Å²) in [5.74, 6) is 0.764. The van der Waals surface area contributed by atoms with Crippen molar-refractivity contribution in [3.8, 4) is 17.2 Å². The van der Waals surface area contributed by atoms with E-state index in [9.17, 15) is 14.7 Å². The Kier molecular flexibility index (Phi) is 4.79. The molecular formula is C20H19NO7. The van der Waals surface area contributed by atoms with Gasteiger partial charge in [0.1, 0.15) is 12.6 Å². The number of hydrogen-bond donors (Lipinski definition) is 1. The molecule has 0 aliphatic carbocycles. The fourth-order valence-electron chi connectivity index (χ4n) is 3.34. The number of aliphatic hydroxyl groups is 1. The first-order valence-corrected chi connectivity index (χ1v) is 8.78. The van der Waals surface area contributed by atoms with Gasteiger partial charge >= 0.3 is 6.09 Å². The quantitative estimate of drug-likeness (QED) is 0.845. The highest BCUT2D eigenvalue weighted by atomic mass is 16.7. The first-order valence-electron chi connectivity index (χ1n) is 8.78. The number of carbonyl (C=O) groups excluding carboxylic acids is 2. The Bertz CT molecular complexity index is 899. The lowest BCUT2D eigenvalue weighted by Gasteiger charge is -2.21. The van der Waals surface area contributed by atoms with E-state index >= 15 is 0 Å². The van der Waals surface area contributed by atoms with Crippen LogP contribution in [0.25, 0.3) is 0 Å². The molecule has 0 bridgehead atoms. The minimum atomic E-state index is -1.15. The normalized spacial score (nSPS) is 18.7. The van der Waals surface area contributed by atoms with Gasteiger partial charge in [-0.15, -0.1) is 0 Å². The molecule has 4 rings (SSSR count). The number of carbonyl (C=O) groups is 2. The van der Waals surface area contributed by atoms with Crippen molar-refractivity contribution in [2.24, 2.45) is 0 Å². The number of benzene rings is 2. The Hall–Kier alpha value is -3.26. The predicted octanol–water partition coefficient (Wildman–Crippen LogP) is 2.57. The van der Waals surface area contributed by atoms with Crippen LogP contribution in [0.3, 0.4) is 0 Å². The fraction of sp³-hybridized carbons (Fsp3) is 0.300. The van der Waals surface area contributed by atoms with E-state index in [-0.39, 0.29) is 19.8 Å². The smallest absolute Gasteiger partial charge is 0.417 e. The third-order valence-electron chi connectivity index (χ3n) is 4.76. The number of aliphatic hydroxyl groups excluding tert-OH is 1. The van der Waals surface area contributed by atoms with E-state index in [2.05, 4.69) is 0 Å². The Balaban J connectivity index is 1.53. The van der Waals surface area contributed by atoms with Crippen molar-refractivity contribution >= 4 is 12.0 Å². The predicted molar refractivity (Wildman–Crippen MR) is 96.1 cm³/mol. The highest BCUT2D eigenvalue weighted by Gasteiger charge is 2.39. The van der Waals surface area contributed by atoms with Gasteiger partial charge in [-0.05, 0) is 23.3 Å². The van der Waals surface area contributed by atoms with Crippen LogP contribution < -0.4 is 14.2 Å². The lowest BCUT2D eigenvalue weighted by molar-refractivity contribution is -0.131. The molecule has 1 N–H and O–H groups in total. The number of nitrogens with zero attached hydrogens (tertiary/aromatic N) is 1. The van der Waals surface area contributed by atoms with Crippen LogP contribution in [0.4, 0.5) is 4.79 Å². The summed E-state index contributed by atoms with van der Waals surface area (Å²) in [7, 11) is 1.48. The maximum absolute atomic E-state index is 12.8. The molecule has 28 heavy (non-hydrogen) atoms. The summed E-state index contributed by atoms with van der Waals surface area (Å²) in [4.78, 5) is 26.0. The van der Waals surface area contributed by atoms with E-state index in [0.29, 0.717) is 22.8 Å². The van der Waals surface area contributed by atoms with Gasteiger partial charge < -0.3 is 24.1 Å². The summed E-state index contributed by atoms with van der Waals surface area (Å²) in [6.45, 7) is 0.144. The molecule has 2 atom stereocenters. The molecule has 0 aromatic heterocycles.